The van der Waals surface area contributed by atoms with E-state index in [0.29, 0.717) is 13.0 Å². The highest BCUT2D eigenvalue weighted by Crippen LogP contribution is 2.41. The van der Waals surface area contributed by atoms with E-state index < -0.39 is 28.4 Å². The van der Waals surface area contributed by atoms with E-state index in [4.69, 9.17) is 4.74 Å². The fourth-order valence-electron chi connectivity index (χ4n) is 3.72. The number of hydrogen-bond donors (Lipinski definition) is 1. The average molecular weight is 450 g/mol. The predicted molar refractivity (Wildman–Crippen MR) is 123 cm³/mol. The van der Waals surface area contributed by atoms with Gasteiger partial charge in [0.2, 0.25) is 0 Å². The zero-order valence-electron chi connectivity index (χ0n) is 18.5. The highest BCUT2D eigenvalue weighted by Gasteiger charge is 2.44. The number of aliphatic hydroxyl groups excluding tert-OH is 1. The summed E-state index contributed by atoms with van der Waals surface area (Å²) in [5.41, 5.74) is 0.526. The van der Waals surface area contributed by atoms with Crippen LogP contribution in [-0.2, 0) is 14.3 Å². The van der Waals surface area contributed by atoms with Gasteiger partial charge in [-0.2, -0.15) is 0 Å². The number of benzene rings is 2. The molecule has 0 bridgehead atoms. The highest BCUT2D eigenvalue weighted by atomic mass is 16.6. The molecule has 0 saturated carbocycles. The van der Waals surface area contributed by atoms with Gasteiger partial charge in [0, 0.05) is 19.2 Å². The summed E-state index contributed by atoms with van der Waals surface area (Å²) in [6.45, 7) is 4.30. The summed E-state index contributed by atoms with van der Waals surface area (Å²) in [7, 11) is 0. The number of ether oxygens (including phenoxy) is 1. The molecule has 1 heterocycles. The SMILES string of the molecule is CC(C)OCCCN1C(=O)C(O)=C(C(=O)/C=C/c2ccccc2)[C@@H]1c1ccccc1[N+](=O)[O-]. The Bertz CT molecular complexity index is 1090. The first-order chi connectivity index (χ1) is 15.8. The van der Waals surface area contributed by atoms with Crippen LogP contribution in [-0.4, -0.2) is 45.9 Å². The number of amides is 1. The summed E-state index contributed by atoms with van der Waals surface area (Å²) < 4.78 is 5.53. The fourth-order valence-corrected chi connectivity index (χ4v) is 3.72. The molecule has 0 fully saturated rings. The monoisotopic (exact) mass is 450 g/mol. The largest absolute Gasteiger partial charge is 0.503 e. The zero-order valence-corrected chi connectivity index (χ0v) is 18.5. The molecule has 0 unspecified atom stereocenters. The van der Waals surface area contributed by atoms with Crippen molar-refractivity contribution in [1.82, 2.24) is 4.90 Å². The zero-order chi connectivity index (χ0) is 24.0. The molecule has 8 heteroatoms. The lowest BCUT2D eigenvalue weighted by Gasteiger charge is -2.26. The maximum absolute atomic E-state index is 13.1. The van der Waals surface area contributed by atoms with Crippen LogP contribution in [0.3, 0.4) is 0 Å². The molecule has 33 heavy (non-hydrogen) atoms. The standard InChI is InChI=1S/C25H26N2O6/c1-17(2)33-16-8-15-26-23(19-11-6-7-12-20(19)27(31)32)22(24(29)25(26)30)21(28)14-13-18-9-4-3-5-10-18/h3-7,9-14,17,23,29H,8,15-16H2,1-2H3/b14-13+/t23-/m0/s1. The first-order valence-corrected chi connectivity index (χ1v) is 10.7. The van der Waals surface area contributed by atoms with Crippen LogP contribution in [0.25, 0.3) is 6.08 Å². The Hall–Kier alpha value is -3.78. The Morgan fingerprint density at radius 1 is 1.18 bits per heavy atom. The Kier molecular flexibility index (Phi) is 7.74. The molecular formula is C25H26N2O6. The van der Waals surface area contributed by atoms with Crippen molar-refractivity contribution in [2.24, 2.45) is 0 Å². The molecule has 0 radical (unpaired) electrons. The maximum atomic E-state index is 13.1. The summed E-state index contributed by atoms with van der Waals surface area (Å²) in [4.78, 5) is 38.5. The van der Waals surface area contributed by atoms with E-state index in [1.54, 1.807) is 24.3 Å². The molecule has 8 nitrogen and oxygen atoms in total. The molecule has 0 aromatic heterocycles. The van der Waals surface area contributed by atoms with Crippen LogP contribution in [0.4, 0.5) is 5.69 Å². The summed E-state index contributed by atoms with van der Waals surface area (Å²) in [6, 6.07) is 13.9. The lowest BCUT2D eigenvalue weighted by atomic mass is 9.94. The maximum Gasteiger partial charge on any atom is 0.290 e. The fraction of sp³-hybridized carbons (Fsp3) is 0.280. The number of nitro groups is 1. The van der Waals surface area contributed by atoms with Crippen molar-refractivity contribution < 1.29 is 24.4 Å². The molecule has 1 aliphatic rings. The Morgan fingerprint density at radius 2 is 1.85 bits per heavy atom. The average Bonchev–Trinajstić information content (AvgIpc) is 3.05. The van der Waals surface area contributed by atoms with E-state index in [1.165, 1.54) is 29.2 Å². The minimum absolute atomic E-state index is 0.0112. The molecule has 1 atom stereocenters. The van der Waals surface area contributed by atoms with Crippen LogP contribution in [0.5, 0.6) is 0 Å². The summed E-state index contributed by atoms with van der Waals surface area (Å²) in [5, 5.41) is 22.3. The van der Waals surface area contributed by atoms with Gasteiger partial charge >= 0.3 is 0 Å². The highest BCUT2D eigenvalue weighted by molar-refractivity contribution is 6.14. The molecule has 0 spiro atoms. The first kappa shape index (κ1) is 23.9. The van der Waals surface area contributed by atoms with Gasteiger partial charge in [-0.05, 0) is 38.0 Å². The van der Waals surface area contributed by atoms with E-state index in [9.17, 15) is 24.8 Å². The van der Waals surface area contributed by atoms with Crippen molar-refractivity contribution >= 4 is 23.5 Å². The number of nitrogens with zero attached hydrogens (tertiary/aromatic N) is 2. The van der Waals surface area contributed by atoms with Crippen LogP contribution in [0.2, 0.25) is 0 Å². The van der Waals surface area contributed by atoms with E-state index in [1.807, 2.05) is 32.0 Å². The molecule has 1 aliphatic heterocycles. The number of nitro benzene ring substituents is 1. The van der Waals surface area contributed by atoms with Crippen molar-refractivity contribution in [3.63, 3.8) is 0 Å². The van der Waals surface area contributed by atoms with E-state index in [-0.39, 0.29) is 29.5 Å². The lowest BCUT2D eigenvalue weighted by molar-refractivity contribution is -0.385. The number of carbonyl (C=O) groups excluding carboxylic acids is 2. The van der Waals surface area contributed by atoms with Crippen LogP contribution in [0.15, 0.2) is 72.0 Å². The second-order valence-electron chi connectivity index (χ2n) is 7.86. The molecule has 2 aromatic rings. The Morgan fingerprint density at radius 3 is 2.52 bits per heavy atom. The van der Waals surface area contributed by atoms with Gasteiger partial charge in [0.05, 0.1) is 28.2 Å². The topological polar surface area (TPSA) is 110 Å². The smallest absolute Gasteiger partial charge is 0.290 e. The van der Waals surface area contributed by atoms with Crippen molar-refractivity contribution in [2.75, 3.05) is 13.2 Å². The van der Waals surface area contributed by atoms with E-state index >= 15 is 0 Å². The minimum atomic E-state index is -1.08. The number of carbonyl (C=O) groups is 2. The minimum Gasteiger partial charge on any atom is -0.503 e. The number of ketones is 1. The molecule has 0 saturated heterocycles. The van der Waals surface area contributed by atoms with Crippen LogP contribution in [0, 0.1) is 10.1 Å². The number of hydrogen-bond acceptors (Lipinski definition) is 6. The molecule has 1 amide bonds. The van der Waals surface area contributed by atoms with Gasteiger partial charge in [0.15, 0.2) is 11.5 Å². The van der Waals surface area contributed by atoms with E-state index in [0.717, 1.165) is 5.56 Å². The summed E-state index contributed by atoms with van der Waals surface area (Å²) in [6.07, 6.45) is 3.29. The van der Waals surface area contributed by atoms with Crippen LogP contribution >= 0.6 is 0 Å². The number of rotatable bonds is 10. The third-order valence-electron chi connectivity index (χ3n) is 5.22. The summed E-state index contributed by atoms with van der Waals surface area (Å²) in [5.74, 6) is -2.02. The number of allylic oxidation sites excluding steroid dienone is 1. The molecule has 1 N–H and O–H groups in total. The normalized spacial score (nSPS) is 16.3. The van der Waals surface area contributed by atoms with Crippen LogP contribution in [0.1, 0.15) is 37.4 Å². The second-order valence-corrected chi connectivity index (χ2v) is 7.86. The van der Waals surface area contributed by atoms with Gasteiger partial charge in [-0.15, -0.1) is 0 Å². The van der Waals surface area contributed by atoms with Gasteiger partial charge in [-0.1, -0.05) is 48.5 Å². The van der Waals surface area contributed by atoms with Crippen molar-refractivity contribution in [3.8, 4) is 0 Å². The van der Waals surface area contributed by atoms with Crippen molar-refractivity contribution in [2.45, 2.75) is 32.4 Å². The lowest BCUT2D eigenvalue weighted by Crippen LogP contribution is -2.33. The Balaban J connectivity index is 1.98. The van der Waals surface area contributed by atoms with Gasteiger partial charge in [-0.3, -0.25) is 19.7 Å². The Labute approximate surface area is 191 Å². The predicted octanol–water partition coefficient (Wildman–Crippen LogP) is 4.39. The number of aliphatic hydroxyl groups is 1. The molecule has 2 aromatic carbocycles. The third-order valence-corrected chi connectivity index (χ3v) is 5.22. The van der Waals surface area contributed by atoms with Gasteiger partial charge in [-0.25, -0.2) is 0 Å². The first-order valence-electron chi connectivity index (χ1n) is 10.7. The quantitative estimate of drug-likeness (QED) is 0.249. The van der Waals surface area contributed by atoms with Gasteiger partial charge in [0.25, 0.3) is 11.6 Å². The number of para-hydroxylation sites is 1. The van der Waals surface area contributed by atoms with Crippen molar-refractivity contribution in [3.05, 3.63) is 93.2 Å². The molecule has 0 aliphatic carbocycles. The van der Waals surface area contributed by atoms with E-state index in [2.05, 4.69) is 0 Å². The van der Waals surface area contributed by atoms with Crippen molar-refractivity contribution in [1.29, 1.82) is 0 Å². The third kappa shape index (κ3) is 5.53. The summed E-state index contributed by atoms with van der Waals surface area (Å²) >= 11 is 0. The molecular weight excluding hydrogens is 424 g/mol. The van der Waals surface area contributed by atoms with Gasteiger partial charge in [0.1, 0.15) is 0 Å². The molecule has 172 valence electrons. The molecule has 3 rings (SSSR count). The van der Waals surface area contributed by atoms with Crippen LogP contribution < -0.4 is 0 Å². The second kappa shape index (κ2) is 10.7. The van der Waals surface area contributed by atoms with Gasteiger partial charge < -0.3 is 14.7 Å².